The Morgan fingerprint density at radius 3 is 1.80 bits per heavy atom. The molecule has 1 aromatic heterocycles. The number of amides is 1. The van der Waals surface area contributed by atoms with Gasteiger partial charge in [0.1, 0.15) is 46.7 Å². The number of benzene rings is 4. The first-order valence-corrected chi connectivity index (χ1v) is 19.6. The van der Waals surface area contributed by atoms with Crippen LogP contribution in [-0.2, 0) is 40.5 Å². The van der Waals surface area contributed by atoms with Gasteiger partial charge in [0.2, 0.25) is 0 Å². The standard InChI is InChI=1S/C26H17Cl2N5O15S4.4Na/c1-48-17-9-18(49(36,37)38)16(8-19(17)50(39,40)41)32-33-21-20(51(42,43)44)7-12-11(22(21)34)3-5-14(23(12)52(45,46)47)31-26(35)10-2-4-13-15(6-10)30-25(28)24(27)29-13;;;;/h2-9,34H,1H3,(H,31,35)(H,36,37,38)(H,39,40,41)(H,42,43,44)(H,45,46,47);;;;/q;4*+1/p-4. The van der Waals surface area contributed by atoms with Gasteiger partial charge < -0.3 is 28.8 Å². The number of hydrogen-bond donors (Lipinski definition) is 2. The molecule has 1 heterocycles. The summed E-state index contributed by atoms with van der Waals surface area (Å²) in [7, 11) is -21.5. The molecule has 0 aliphatic rings. The predicted octanol–water partition coefficient (Wildman–Crippen LogP) is -9.19. The number of fused-ring (bicyclic) bond motifs is 2. The van der Waals surface area contributed by atoms with E-state index in [0.29, 0.717) is 0 Å². The zero-order chi connectivity index (χ0) is 38.7. The van der Waals surface area contributed by atoms with Crippen LogP contribution in [0.25, 0.3) is 21.8 Å². The second-order valence-electron chi connectivity index (χ2n) is 10.1. The van der Waals surface area contributed by atoms with Crippen molar-refractivity contribution in [2.45, 2.75) is 19.6 Å². The number of anilines is 1. The molecule has 0 aliphatic carbocycles. The molecular weight excluding hydrogens is 913 g/mol. The van der Waals surface area contributed by atoms with Crippen molar-refractivity contribution in [3.05, 3.63) is 64.4 Å². The SMILES string of the molecule is COc1cc(S(=O)(=O)[O-])c(N=Nc2c(S(=O)(=O)[O-])cc3c(S(=O)(=O)O)c(NC(=O)c4ccc5nc(Cl)c(Cl)nc5c4)ccc3c2[O-])cc1S(=O)(=O)[O-].[Na+].[Na+].[Na+].[Na+]. The Kier molecular flexibility index (Phi) is 18.9. The van der Waals surface area contributed by atoms with E-state index in [2.05, 4.69) is 30.3 Å². The maximum absolute atomic E-state index is 13.5. The molecular formula is C26H13Cl2N5Na4O15S4. The number of carbonyl (C=O) groups excluding carboxylic acids is 1. The number of rotatable bonds is 9. The minimum atomic E-state index is -5.85. The average Bonchev–Trinajstić information content (AvgIpc) is 3.02. The zero-order valence-electron chi connectivity index (χ0n) is 29.0. The van der Waals surface area contributed by atoms with Gasteiger partial charge in [0.25, 0.3) is 16.0 Å². The van der Waals surface area contributed by atoms with Crippen LogP contribution in [0.3, 0.4) is 0 Å². The molecule has 30 heteroatoms. The van der Waals surface area contributed by atoms with Crippen LogP contribution >= 0.6 is 23.2 Å². The Morgan fingerprint density at radius 1 is 0.732 bits per heavy atom. The number of methoxy groups -OCH3 is 1. The fourth-order valence-electron chi connectivity index (χ4n) is 4.66. The smallest absolute Gasteiger partial charge is 0.871 e. The Balaban J connectivity index is 0.00000392. The number of ether oxygens (including phenoxy) is 1. The summed E-state index contributed by atoms with van der Waals surface area (Å²) in [5, 5.41) is 20.2. The minimum Gasteiger partial charge on any atom is -0.871 e. The Bertz CT molecular complexity index is 2890. The van der Waals surface area contributed by atoms with Crippen LogP contribution in [-0.4, -0.2) is 74.9 Å². The third kappa shape index (κ3) is 11.6. The molecule has 2 N–H and O–H groups in total. The van der Waals surface area contributed by atoms with E-state index in [4.69, 9.17) is 23.2 Å². The van der Waals surface area contributed by atoms with Crippen LogP contribution in [0.5, 0.6) is 11.5 Å². The van der Waals surface area contributed by atoms with Crippen molar-refractivity contribution in [3.8, 4) is 11.5 Å². The normalized spacial score (nSPS) is 11.9. The molecule has 0 bridgehead atoms. The summed E-state index contributed by atoms with van der Waals surface area (Å²) in [5.41, 5.74) is -3.23. The molecule has 4 aromatic carbocycles. The summed E-state index contributed by atoms with van der Waals surface area (Å²) in [6.07, 6.45) is 0. The number of aromatic nitrogens is 2. The maximum atomic E-state index is 13.5. The summed E-state index contributed by atoms with van der Waals surface area (Å²) >= 11 is 11.7. The van der Waals surface area contributed by atoms with Crippen LogP contribution in [0, 0.1) is 0 Å². The van der Waals surface area contributed by atoms with Gasteiger partial charge in [0.15, 0.2) is 10.3 Å². The number of azo groups is 1. The first-order chi connectivity index (χ1) is 23.9. The summed E-state index contributed by atoms with van der Waals surface area (Å²) < 4.78 is 148. The molecule has 0 atom stereocenters. The van der Waals surface area contributed by atoms with Gasteiger partial charge >= 0.3 is 118 Å². The largest absolute Gasteiger partial charge is 1.00 e. The van der Waals surface area contributed by atoms with Crippen LogP contribution in [0.1, 0.15) is 10.4 Å². The molecule has 0 aliphatic heterocycles. The molecule has 0 radical (unpaired) electrons. The van der Waals surface area contributed by atoms with Crippen molar-refractivity contribution in [1.29, 1.82) is 0 Å². The molecule has 0 fully saturated rings. The molecule has 5 rings (SSSR count). The van der Waals surface area contributed by atoms with Gasteiger partial charge in [-0.3, -0.25) is 9.35 Å². The maximum Gasteiger partial charge on any atom is 1.00 e. The van der Waals surface area contributed by atoms with Crippen LogP contribution in [0.2, 0.25) is 10.3 Å². The minimum absolute atomic E-state index is 0. The van der Waals surface area contributed by atoms with Crippen molar-refractivity contribution in [2.24, 2.45) is 10.2 Å². The zero-order valence-corrected chi connectivity index (χ0v) is 41.7. The predicted molar refractivity (Wildman–Crippen MR) is 172 cm³/mol. The number of halogens is 2. The third-order valence-electron chi connectivity index (χ3n) is 6.83. The van der Waals surface area contributed by atoms with Gasteiger partial charge in [-0.05, 0) is 41.8 Å². The molecule has 0 spiro atoms. The first-order valence-electron chi connectivity index (χ1n) is 13.2. The second kappa shape index (κ2) is 19.8. The molecule has 0 saturated heterocycles. The average molecular weight is 927 g/mol. The number of nitrogens with one attached hydrogen (secondary N) is 1. The first kappa shape index (κ1) is 53.4. The van der Waals surface area contributed by atoms with Crippen molar-refractivity contribution < 1.29 is 185 Å². The van der Waals surface area contributed by atoms with Crippen LogP contribution in [0.15, 0.2) is 78.3 Å². The van der Waals surface area contributed by atoms with Crippen molar-refractivity contribution >= 4 is 108 Å². The van der Waals surface area contributed by atoms with Crippen molar-refractivity contribution in [1.82, 2.24) is 9.97 Å². The van der Waals surface area contributed by atoms with E-state index >= 15 is 0 Å². The number of carbonyl (C=O) groups is 1. The van der Waals surface area contributed by atoms with Crippen LogP contribution < -0.4 is 133 Å². The Hall–Kier alpha value is -0.630. The van der Waals surface area contributed by atoms with E-state index in [1.54, 1.807) is 0 Å². The van der Waals surface area contributed by atoms with Gasteiger partial charge in [-0.25, -0.2) is 35.2 Å². The van der Waals surface area contributed by atoms with Crippen molar-refractivity contribution in [2.75, 3.05) is 12.4 Å². The van der Waals surface area contributed by atoms with Gasteiger partial charge in [-0.2, -0.15) is 8.42 Å². The fourth-order valence-corrected chi connectivity index (χ4v) is 7.65. The monoisotopic (exact) mass is 925 g/mol. The van der Waals surface area contributed by atoms with Gasteiger partial charge in [-0.15, -0.1) is 10.2 Å². The van der Waals surface area contributed by atoms with E-state index in [1.165, 1.54) is 18.2 Å². The molecule has 20 nitrogen and oxygen atoms in total. The quantitative estimate of drug-likeness (QED) is 0.0787. The van der Waals surface area contributed by atoms with Gasteiger partial charge in [-0.1, -0.05) is 35.0 Å². The molecule has 0 saturated carbocycles. The molecule has 274 valence electrons. The molecule has 5 aromatic rings. The van der Waals surface area contributed by atoms with E-state index in [9.17, 15) is 61.8 Å². The van der Waals surface area contributed by atoms with Gasteiger partial charge in [0.05, 0.1) is 44.2 Å². The molecule has 1 amide bonds. The van der Waals surface area contributed by atoms with Crippen LogP contribution in [0.4, 0.5) is 17.1 Å². The fraction of sp³-hybridized carbons (Fsp3) is 0.0385. The summed E-state index contributed by atoms with van der Waals surface area (Å²) in [6, 6.07) is 6.11. The third-order valence-corrected chi connectivity index (χ3v) is 11.0. The summed E-state index contributed by atoms with van der Waals surface area (Å²) in [4.78, 5) is 15.6. The Labute approximate surface area is 415 Å². The summed E-state index contributed by atoms with van der Waals surface area (Å²) in [5.74, 6) is -3.53. The number of hydrogen-bond acceptors (Lipinski definition) is 18. The van der Waals surface area contributed by atoms with E-state index < -0.39 is 105 Å². The van der Waals surface area contributed by atoms with Gasteiger partial charge in [0, 0.05) is 17.0 Å². The van der Waals surface area contributed by atoms with Crippen molar-refractivity contribution in [3.63, 3.8) is 0 Å². The van der Waals surface area contributed by atoms with E-state index in [1.807, 2.05) is 0 Å². The Morgan fingerprint density at radius 2 is 1.29 bits per heavy atom. The summed E-state index contributed by atoms with van der Waals surface area (Å²) in [6.45, 7) is 0. The molecule has 0 unspecified atom stereocenters. The second-order valence-corrected chi connectivity index (χ2v) is 16.2. The van der Waals surface area contributed by atoms with E-state index in [-0.39, 0.29) is 163 Å². The number of nitrogens with zero attached hydrogens (tertiary/aromatic N) is 4. The molecule has 56 heavy (non-hydrogen) atoms. The van der Waals surface area contributed by atoms with E-state index in [0.717, 1.165) is 19.2 Å². The topological polar surface area (TPSA) is 338 Å².